The van der Waals surface area contributed by atoms with Crippen LogP contribution < -0.4 is 0 Å². The number of ether oxygens (including phenoxy) is 3. The number of unbranched alkanes of at least 4 members (excludes halogenated alkanes) is 2. The Hall–Kier alpha value is -0.380. The molecule has 0 saturated carbocycles. The first-order valence-electron chi connectivity index (χ1n) is 4.99. The van der Waals surface area contributed by atoms with Gasteiger partial charge in [-0.3, -0.25) is 0 Å². The van der Waals surface area contributed by atoms with Crippen molar-refractivity contribution < 1.29 is 14.2 Å². The fraction of sp³-hybridized carbons (Fsp3) is 0.818. The summed E-state index contributed by atoms with van der Waals surface area (Å²) in [7, 11) is 4.94. The van der Waals surface area contributed by atoms with Gasteiger partial charge in [-0.2, -0.15) is 0 Å². The molecule has 0 radical (unpaired) electrons. The molecular weight excluding hydrogens is 180 g/mol. The predicted molar refractivity (Wildman–Crippen MR) is 57.3 cm³/mol. The number of allylic oxidation sites excluding steroid dienone is 1. The maximum atomic E-state index is 5.30. The molecule has 1 unspecified atom stereocenters. The molecule has 0 heterocycles. The van der Waals surface area contributed by atoms with Gasteiger partial charge < -0.3 is 14.2 Å². The summed E-state index contributed by atoms with van der Waals surface area (Å²) in [5, 5.41) is 0. The molecule has 0 saturated heterocycles. The van der Waals surface area contributed by atoms with Gasteiger partial charge in [0, 0.05) is 21.3 Å². The fourth-order valence-corrected chi connectivity index (χ4v) is 1.40. The zero-order chi connectivity index (χ0) is 10.8. The Balaban J connectivity index is 3.70. The van der Waals surface area contributed by atoms with Crippen molar-refractivity contribution in [3.8, 4) is 0 Å². The normalized spacial score (nSPS) is 13.1. The van der Waals surface area contributed by atoms with E-state index in [2.05, 4.69) is 6.58 Å². The summed E-state index contributed by atoms with van der Waals surface area (Å²) < 4.78 is 15.6. The van der Waals surface area contributed by atoms with Crippen LogP contribution in [-0.2, 0) is 14.2 Å². The van der Waals surface area contributed by atoms with Crippen LogP contribution in [0, 0.1) is 0 Å². The molecule has 3 nitrogen and oxygen atoms in total. The second-order valence-electron chi connectivity index (χ2n) is 3.19. The van der Waals surface area contributed by atoms with Gasteiger partial charge in [-0.05, 0) is 19.3 Å². The first kappa shape index (κ1) is 13.6. The van der Waals surface area contributed by atoms with Crippen LogP contribution in [0.15, 0.2) is 12.7 Å². The van der Waals surface area contributed by atoms with E-state index >= 15 is 0 Å². The summed E-state index contributed by atoms with van der Waals surface area (Å²) in [6.45, 7) is 3.68. The van der Waals surface area contributed by atoms with Gasteiger partial charge in [0.2, 0.25) is 0 Å². The quantitative estimate of drug-likeness (QED) is 0.326. The van der Waals surface area contributed by atoms with Crippen molar-refractivity contribution in [3.05, 3.63) is 12.7 Å². The van der Waals surface area contributed by atoms with Gasteiger partial charge in [0.25, 0.3) is 0 Å². The molecule has 14 heavy (non-hydrogen) atoms. The lowest BCUT2D eigenvalue weighted by atomic mass is 10.1. The Kier molecular flexibility index (Phi) is 8.94. The third kappa shape index (κ3) is 5.37. The molecule has 0 aliphatic carbocycles. The van der Waals surface area contributed by atoms with Crippen LogP contribution in [0.25, 0.3) is 0 Å². The SMILES string of the molecule is C=CCCCCC(OC)C(OC)OC. The molecule has 0 N–H and O–H groups in total. The lowest BCUT2D eigenvalue weighted by Crippen LogP contribution is -2.31. The van der Waals surface area contributed by atoms with Gasteiger partial charge in [-0.25, -0.2) is 0 Å². The topological polar surface area (TPSA) is 27.7 Å². The van der Waals surface area contributed by atoms with Crippen LogP contribution in [0.5, 0.6) is 0 Å². The minimum Gasteiger partial charge on any atom is -0.376 e. The number of rotatable bonds is 9. The first-order chi connectivity index (χ1) is 6.79. The van der Waals surface area contributed by atoms with Crippen LogP contribution >= 0.6 is 0 Å². The van der Waals surface area contributed by atoms with Crippen molar-refractivity contribution >= 4 is 0 Å². The third-order valence-electron chi connectivity index (χ3n) is 2.22. The van der Waals surface area contributed by atoms with Crippen molar-refractivity contribution in [1.82, 2.24) is 0 Å². The summed E-state index contributed by atoms with van der Waals surface area (Å²) in [6.07, 6.45) is 5.96. The van der Waals surface area contributed by atoms with Gasteiger partial charge in [0.1, 0.15) is 6.10 Å². The van der Waals surface area contributed by atoms with Crippen LogP contribution in [0.1, 0.15) is 25.7 Å². The van der Waals surface area contributed by atoms with E-state index in [4.69, 9.17) is 14.2 Å². The van der Waals surface area contributed by atoms with Gasteiger partial charge in [0.05, 0.1) is 0 Å². The summed E-state index contributed by atoms with van der Waals surface area (Å²) in [4.78, 5) is 0. The average molecular weight is 202 g/mol. The first-order valence-corrected chi connectivity index (χ1v) is 4.99. The van der Waals surface area contributed by atoms with Gasteiger partial charge in [-0.15, -0.1) is 6.58 Å². The van der Waals surface area contributed by atoms with E-state index < -0.39 is 0 Å². The smallest absolute Gasteiger partial charge is 0.182 e. The zero-order valence-corrected chi connectivity index (χ0v) is 9.49. The summed E-state index contributed by atoms with van der Waals surface area (Å²) in [5.41, 5.74) is 0. The van der Waals surface area contributed by atoms with E-state index in [0.29, 0.717) is 0 Å². The Morgan fingerprint density at radius 1 is 1.07 bits per heavy atom. The molecule has 0 aliphatic rings. The molecule has 0 bridgehead atoms. The molecule has 0 aliphatic heterocycles. The zero-order valence-electron chi connectivity index (χ0n) is 9.49. The molecule has 84 valence electrons. The van der Waals surface area contributed by atoms with Crippen molar-refractivity contribution in [1.29, 1.82) is 0 Å². The van der Waals surface area contributed by atoms with Crippen molar-refractivity contribution in [2.75, 3.05) is 21.3 Å². The maximum absolute atomic E-state index is 5.30. The molecule has 3 heteroatoms. The molecule has 0 aromatic carbocycles. The van der Waals surface area contributed by atoms with Gasteiger partial charge >= 0.3 is 0 Å². The molecule has 0 aromatic rings. The van der Waals surface area contributed by atoms with E-state index in [1.807, 2.05) is 6.08 Å². The van der Waals surface area contributed by atoms with Crippen LogP contribution in [0.3, 0.4) is 0 Å². The third-order valence-corrected chi connectivity index (χ3v) is 2.22. The molecule has 0 fully saturated rings. The molecule has 0 aromatic heterocycles. The minimum absolute atomic E-state index is 0.0230. The van der Waals surface area contributed by atoms with E-state index in [0.717, 1.165) is 25.7 Å². The van der Waals surface area contributed by atoms with E-state index in [1.54, 1.807) is 21.3 Å². The monoisotopic (exact) mass is 202 g/mol. The number of hydrogen-bond acceptors (Lipinski definition) is 3. The molecule has 0 amide bonds. The molecule has 1 atom stereocenters. The Labute approximate surface area is 87.0 Å². The summed E-state index contributed by atoms with van der Waals surface area (Å²) in [6, 6.07) is 0. The second kappa shape index (κ2) is 9.19. The van der Waals surface area contributed by atoms with Crippen molar-refractivity contribution in [2.45, 2.75) is 38.1 Å². The van der Waals surface area contributed by atoms with Crippen LogP contribution in [0.4, 0.5) is 0 Å². The maximum Gasteiger partial charge on any atom is 0.182 e. The highest BCUT2D eigenvalue weighted by atomic mass is 16.7. The average Bonchev–Trinajstić information content (AvgIpc) is 2.23. The number of hydrogen-bond donors (Lipinski definition) is 0. The largest absolute Gasteiger partial charge is 0.376 e. The van der Waals surface area contributed by atoms with Crippen LogP contribution in [0.2, 0.25) is 0 Å². The Morgan fingerprint density at radius 3 is 2.14 bits per heavy atom. The molecular formula is C11H22O3. The predicted octanol–water partition coefficient (Wildman–Crippen LogP) is 2.37. The Bertz CT molecular complexity index is 132. The van der Waals surface area contributed by atoms with Gasteiger partial charge in [-0.1, -0.05) is 12.5 Å². The second-order valence-corrected chi connectivity index (χ2v) is 3.19. The Morgan fingerprint density at radius 2 is 1.71 bits per heavy atom. The summed E-state index contributed by atoms with van der Waals surface area (Å²) in [5.74, 6) is 0. The highest BCUT2D eigenvalue weighted by Crippen LogP contribution is 2.12. The lowest BCUT2D eigenvalue weighted by molar-refractivity contribution is -0.174. The highest BCUT2D eigenvalue weighted by molar-refractivity contribution is 4.68. The van der Waals surface area contributed by atoms with E-state index in [-0.39, 0.29) is 12.4 Å². The van der Waals surface area contributed by atoms with E-state index in [1.165, 1.54) is 0 Å². The lowest BCUT2D eigenvalue weighted by Gasteiger charge is -2.23. The fourth-order valence-electron chi connectivity index (χ4n) is 1.40. The number of methoxy groups -OCH3 is 3. The minimum atomic E-state index is -0.260. The van der Waals surface area contributed by atoms with Crippen LogP contribution in [-0.4, -0.2) is 33.7 Å². The highest BCUT2D eigenvalue weighted by Gasteiger charge is 2.19. The van der Waals surface area contributed by atoms with Gasteiger partial charge in [0.15, 0.2) is 6.29 Å². The standard InChI is InChI=1S/C11H22O3/c1-5-6-7-8-9-10(12-2)11(13-3)14-4/h5,10-11H,1,6-9H2,2-4H3. The van der Waals surface area contributed by atoms with Crippen molar-refractivity contribution in [2.24, 2.45) is 0 Å². The van der Waals surface area contributed by atoms with Crippen molar-refractivity contribution in [3.63, 3.8) is 0 Å². The molecule has 0 rings (SSSR count). The molecule has 0 spiro atoms. The summed E-state index contributed by atoms with van der Waals surface area (Å²) >= 11 is 0. The van der Waals surface area contributed by atoms with E-state index in [9.17, 15) is 0 Å².